The molecular formula is C5H10S3. The van der Waals surface area contributed by atoms with Crippen LogP contribution in [0.2, 0.25) is 0 Å². The summed E-state index contributed by atoms with van der Waals surface area (Å²) in [5, 5.41) is 2.56. The van der Waals surface area contributed by atoms with Crippen LogP contribution in [0.5, 0.6) is 0 Å². The molecule has 1 fully saturated rings. The molecule has 1 rings (SSSR count). The van der Waals surface area contributed by atoms with E-state index in [2.05, 4.69) is 13.8 Å². The second-order valence-corrected chi connectivity index (χ2v) is 7.30. The van der Waals surface area contributed by atoms with Crippen LogP contribution in [0.1, 0.15) is 13.8 Å². The minimum Gasteiger partial charge on any atom is -0.140 e. The zero-order valence-corrected chi connectivity index (χ0v) is 7.59. The van der Waals surface area contributed by atoms with E-state index in [0.29, 0.717) is 4.08 Å². The van der Waals surface area contributed by atoms with Crippen molar-refractivity contribution in [1.29, 1.82) is 0 Å². The SMILES string of the molecule is CC1(C)SCSCS1. The van der Waals surface area contributed by atoms with Gasteiger partial charge in [-0.3, -0.25) is 0 Å². The van der Waals surface area contributed by atoms with Gasteiger partial charge in [-0.25, -0.2) is 0 Å². The lowest BCUT2D eigenvalue weighted by Gasteiger charge is -2.27. The van der Waals surface area contributed by atoms with Crippen LogP contribution in [0.3, 0.4) is 0 Å². The predicted octanol–water partition coefficient (Wildman–Crippen LogP) is 2.85. The fourth-order valence-corrected chi connectivity index (χ4v) is 5.46. The average molecular weight is 166 g/mol. The van der Waals surface area contributed by atoms with E-state index in [-0.39, 0.29) is 0 Å². The van der Waals surface area contributed by atoms with Crippen molar-refractivity contribution in [2.24, 2.45) is 0 Å². The number of thioether (sulfide) groups is 3. The molecule has 3 heteroatoms. The van der Waals surface area contributed by atoms with Gasteiger partial charge >= 0.3 is 0 Å². The Morgan fingerprint density at radius 3 is 1.88 bits per heavy atom. The molecule has 0 N–H and O–H groups in total. The molecule has 0 aromatic heterocycles. The fourth-order valence-electron chi connectivity index (χ4n) is 0.443. The molecule has 1 aliphatic rings. The molecule has 1 heterocycles. The van der Waals surface area contributed by atoms with Crippen molar-refractivity contribution in [3.63, 3.8) is 0 Å². The van der Waals surface area contributed by atoms with E-state index >= 15 is 0 Å². The van der Waals surface area contributed by atoms with Gasteiger partial charge in [-0.05, 0) is 13.8 Å². The molecule has 1 aliphatic heterocycles. The van der Waals surface area contributed by atoms with E-state index in [4.69, 9.17) is 0 Å². The summed E-state index contributed by atoms with van der Waals surface area (Å²) in [6, 6.07) is 0. The molecule has 48 valence electrons. The van der Waals surface area contributed by atoms with Crippen LogP contribution in [0.4, 0.5) is 0 Å². The molecule has 0 bridgehead atoms. The van der Waals surface area contributed by atoms with Crippen molar-refractivity contribution < 1.29 is 0 Å². The largest absolute Gasteiger partial charge is 0.140 e. The summed E-state index contributed by atoms with van der Waals surface area (Å²) in [7, 11) is 0. The molecule has 0 amide bonds. The Kier molecular flexibility index (Phi) is 2.47. The Balaban J connectivity index is 2.33. The summed E-state index contributed by atoms with van der Waals surface area (Å²) >= 11 is 6.12. The Morgan fingerprint density at radius 2 is 1.62 bits per heavy atom. The summed E-state index contributed by atoms with van der Waals surface area (Å²) in [6.45, 7) is 4.59. The standard InChI is InChI=1S/C5H10S3/c1-5(2)7-3-6-4-8-5/h3-4H2,1-2H3. The Hall–Kier alpha value is 1.05. The van der Waals surface area contributed by atoms with Gasteiger partial charge in [0.05, 0.1) is 4.08 Å². The molecule has 0 radical (unpaired) electrons. The molecule has 0 nitrogen and oxygen atoms in total. The Morgan fingerprint density at radius 1 is 1.12 bits per heavy atom. The molecule has 0 aromatic rings. The zero-order valence-electron chi connectivity index (χ0n) is 5.14. The van der Waals surface area contributed by atoms with E-state index in [1.807, 2.05) is 35.3 Å². The third-order valence-corrected chi connectivity index (χ3v) is 5.35. The third kappa shape index (κ3) is 2.11. The van der Waals surface area contributed by atoms with Gasteiger partial charge in [0.25, 0.3) is 0 Å². The quantitative estimate of drug-likeness (QED) is 0.543. The second-order valence-electron chi connectivity index (χ2n) is 2.13. The van der Waals surface area contributed by atoms with Crippen LogP contribution in [0.15, 0.2) is 0 Å². The first-order valence-corrected chi connectivity index (χ1v) is 5.69. The molecule has 0 aromatic carbocycles. The first-order valence-electron chi connectivity index (χ1n) is 2.56. The summed E-state index contributed by atoms with van der Waals surface area (Å²) in [5.41, 5.74) is 0. The minimum atomic E-state index is 0.491. The lowest BCUT2D eigenvalue weighted by molar-refractivity contribution is 1.03. The van der Waals surface area contributed by atoms with Crippen LogP contribution in [0, 0.1) is 0 Å². The van der Waals surface area contributed by atoms with Gasteiger partial charge in [0.2, 0.25) is 0 Å². The highest BCUT2D eigenvalue weighted by Gasteiger charge is 2.21. The van der Waals surface area contributed by atoms with Crippen molar-refractivity contribution in [1.82, 2.24) is 0 Å². The topological polar surface area (TPSA) is 0 Å². The van der Waals surface area contributed by atoms with E-state index in [1.54, 1.807) is 0 Å². The third-order valence-electron chi connectivity index (χ3n) is 0.980. The van der Waals surface area contributed by atoms with Crippen LogP contribution in [0.25, 0.3) is 0 Å². The van der Waals surface area contributed by atoms with Crippen LogP contribution in [-0.4, -0.2) is 14.2 Å². The van der Waals surface area contributed by atoms with Gasteiger partial charge in [-0.15, -0.1) is 35.3 Å². The fraction of sp³-hybridized carbons (Fsp3) is 1.00. The molecule has 0 unspecified atom stereocenters. The number of hydrogen-bond donors (Lipinski definition) is 0. The first kappa shape index (κ1) is 7.16. The molecule has 0 saturated carbocycles. The summed E-state index contributed by atoms with van der Waals surface area (Å²) < 4.78 is 0.491. The Labute approximate surface area is 63.6 Å². The van der Waals surface area contributed by atoms with Gasteiger partial charge < -0.3 is 0 Å². The molecular weight excluding hydrogens is 156 g/mol. The van der Waals surface area contributed by atoms with Crippen molar-refractivity contribution >= 4 is 35.3 Å². The lowest BCUT2D eigenvalue weighted by atomic mass is 10.5. The van der Waals surface area contributed by atoms with Crippen molar-refractivity contribution in [2.45, 2.75) is 17.9 Å². The van der Waals surface area contributed by atoms with Crippen molar-refractivity contribution in [3.8, 4) is 0 Å². The van der Waals surface area contributed by atoms with Crippen LogP contribution in [-0.2, 0) is 0 Å². The summed E-state index contributed by atoms with van der Waals surface area (Å²) in [4.78, 5) is 0. The normalized spacial score (nSPS) is 27.8. The van der Waals surface area contributed by atoms with E-state index < -0.39 is 0 Å². The first-order chi connectivity index (χ1) is 3.71. The minimum absolute atomic E-state index is 0.491. The average Bonchev–Trinajstić information content (AvgIpc) is 1.65. The zero-order chi connectivity index (χ0) is 6.04. The Bertz CT molecular complexity index is 71.7. The summed E-state index contributed by atoms with van der Waals surface area (Å²) in [6.07, 6.45) is 0. The van der Waals surface area contributed by atoms with Gasteiger partial charge in [0.1, 0.15) is 0 Å². The summed E-state index contributed by atoms with van der Waals surface area (Å²) in [5.74, 6) is 0. The van der Waals surface area contributed by atoms with Crippen molar-refractivity contribution in [3.05, 3.63) is 0 Å². The molecule has 0 spiro atoms. The monoisotopic (exact) mass is 166 g/mol. The smallest absolute Gasteiger partial charge is 0.0571 e. The van der Waals surface area contributed by atoms with E-state index in [0.717, 1.165) is 0 Å². The number of hydrogen-bond acceptors (Lipinski definition) is 3. The molecule has 0 aliphatic carbocycles. The van der Waals surface area contributed by atoms with Crippen LogP contribution >= 0.6 is 35.3 Å². The van der Waals surface area contributed by atoms with Crippen LogP contribution < -0.4 is 0 Å². The predicted molar refractivity (Wildman–Crippen MR) is 46.6 cm³/mol. The maximum Gasteiger partial charge on any atom is 0.0571 e. The molecule has 0 atom stereocenters. The number of rotatable bonds is 0. The molecule has 8 heavy (non-hydrogen) atoms. The highest BCUT2D eigenvalue weighted by atomic mass is 32.3. The lowest BCUT2D eigenvalue weighted by Crippen LogP contribution is -2.12. The highest BCUT2D eigenvalue weighted by Crippen LogP contribution is 2.44. The van der Waals surface area contributed by atoms with Gasteiger partial charge in [0, 0.05) is 10.2 Å². The van der Waals surface area contributed by atoms with E-state index in [9.17, 15) is 0 Å². The second kappa shape index (κ2) is 2.76. The van der Waals surface area contributed by atoms with Gasteiger partial charge in [-0.1, -0.05) is 0 Å². The van der Waals surface area contributed by atoms with E-state index in [1.165, 1.54) is 10.2 Å². The maximum absolute atomic E-state index is 2.29. The van der Waals surface area contributed by atoms with Gasteiger partial charge in [-0.2, -0.15) is 0 Å². The highest BCUT2D eigenvalue weighted by molar-refractivity contribution is 8.33. The maximum atomic E-state index is 2.29. The molecule has 1 saturated heterocycles. The van der Waals surface area contributed by atoms with Crippen molar-refractivity contribution in [2.75, 3.05) is 10.2 Å². The van der Waals surface area contributed by atoms with Gasteiger partial charge in [0.15, 0.2) is 0 Å².